The Morgan fingerprint density at radius 1 is 1.00 bits per heavy atom. The largest absolute Gasteiger partial charge is 0.508 e. The van der Waals surface area contributed by atoms with Gasteiger partial charge in [0.15, 0.2) is 11.5 Å². The number of aryl methyl sites for hydroxylation is 1. The smallest absolute Gasteiger partial charge is 0.182 e. The van der Waals surface area contributed by atoms with Crippen molar-refractivity contribution >= 4 is 0 Å². The van der Waals surface area contributed by atoms with Crippen LogP contribution in [0.4, 0.5) is 0 Å². The molecule has 45 heavy (non-hydrogen) atoms. The van der Waals surface area contributed by atoms with Gasteiger partial charge in [0.25, 0.3) is 0 Å². The number of hydrogen-bond donors (Lipinski definition) is 3. The number of aliphatic hydroxyl groups is 2. The molecule has 4 aliphatic rings. The Hall–Kier alpha value is -3.86. The summed E-state index contributed by atoms with van der Waals surface area (Å²) in [6, 6.07) is 11.6. The summed E-state index contributed by atoms with van der Waals surface area (Å²) in [4.78, 5) is 0. The maximum Gasteiger partial charge on any atom is 0.182 e. The van der Waals surface area contributed by atoms with Crippen molar-refractivity contribution in [1.82, 2.24) is 0 Å². The van der Waals surface area contributed by atoms with Crippen LogP contribution in [0.5, 0.6) is 28.7 Å². The highest BCUT2D eigenvalue weighted by molar-refractivity contribution is 5.82. The van der Waals surface area contributed by atoms with Gasteiger partial charge in [-0.05, 0) is 102 Å². The van der Waals surface area contributed by atoms with Crippen molar-refractivity contribution in [3.63, 3.8) is 0 Å². The number of methoxy groups -OCH3 is 1. The van der Waals surface area contributed by atoms with Crippen molar-refractivity contribution in [3.8, 4) is 51.9 Å². The number of aliphatic hydroxyl groups excluding tert-OH is 2. The van der Waals surface area contributed by atoms with Crippen molar-refractivity contribution in [1.29, 1.82) is 0 Å². The van der Waals surface area contributed by atoms with E-state index in [1.807, 2.05) is 30.3 Å². The van der Waals surface area contributed by atoms with Gasteiger partial charge < -0.3 is 34.3 Å². The van der Waals surface area contributed by atoms with Crippen LogP contribution in [0.15, 0.2) is 36.4 Å². The number of rotatable bonds is 5. The van der Waals surface area contributed by atoms with Gasteiger partial charge in [-0.3, -0.25) is 0 Å². The fourth-order valence-electron chi connectivity index (χ4n) is 7.71. The Kier molecular flexibility index (Phi) is 8.05. The highest BCUT2D eigenvalue weighted by atomic mass is 16.5. The summed E-state index contributed by atoms with van der Waals surface area (Å²) in [6.45, 7) is 4.46. The Labute approximate surface area is 265 Å². The molecule has 2 aliphatic carbocycles. The number of phenols is 1. The minimum atomic E-state index is -0.774. The SMILES string of the molecule is COc1cc2c(c3c1-c1cc(CC(C)C)c(O)cc1CC3)C[C@@H](O)[C@H](c1ccc3c(c1)O[C@H]1C[C@H](CO)CC[C@@H]1CC#CO3)O2. The molecule has 7 rings (SSSR count). The third-order valence-electron chi connectivity index (χ3n) is 10.0. The van der Waals surface area contributed by atoms with Crippen LogP contribution in [0.1, 0.15) is 73.5 Å². The van der Waals surface area contributed by atoms with Gasteiger partial charge >= 0.3 is 0 Å². The predicted molar refractivity (Wildman–Crippen MR) is 171 cm³/mol. The van der Waals surface area contributed by atoms with Gasteiger partial charge in [0, 0.05) is 42.6 Å². The Bertz CT molecular complexity index is 1660. The van der Waals surface area contributed by atoms with Crippen LogP contribution in [0, 0.1) is 29.8 Å². The lowest BCUT2D eigenvalue weighted by molar-refractivity contribution is 0.0196. The highest BCUT2D eigenvalue weighted by Gasteiger charge is 2.37. The van der Waals surface area contributed by atoms with Crippen LogP contribution < -0.4 is 18.9 Å². The third-order valence-corrected chi connectivity index (χ3v) is 10.0. The quantitative estimate of drug-likeness (QED) is 0.292. The molecule has 2 aliphatic heterocycles. The van der Waals surface area contributed by atoms with E-state index in [-0.39, 0.29) is 24.5 Å². The number of hydrogen-bond acceptors (Lipinski definition) is 7. The molecule has 0 aromatic heterocycles. The fourth-order valence-corrected chi connectivity index (χ4v) is 7.71. The lowest BCUT2D eigenvalue weighted by Crippen LogP contribution is -2.35. The molecule has 0 unspecified atom stereocenters. The van der Waals surface area contributed by atoms with E-state index in [2.05, 4.69) is 31.9 Å². The molecule has 0 bridgehead atoms. The number of benzene rings is 3. The second-order valence-corrected chi connectivity index (χ2v) is 13.5. The van der Waals surface area contributed by atoms with E-state index in [1.54, 1.807) is 7.11 Å². The Morgan fingerprint density at radius 3 is 2.67 bits per heavy atom. The van der Waals surface area contributed by atoms with E-state index in [0.717, 1.165) is 89.0 Å². The highest BCUT2D eigenvalue weighted by Crippen LogP contribution is 2.50. The summed E-state index contributed by atoms with van der Waals surface area (Å²) in [7, 11) is 1.68. The summed E-state index contributed by atoms with van der Waals surface area (Å²) < 4.78 is 24.9. The van der Waals surface area contributed by atoms with E-state index in [1.165, 1.54) is 0 Å². The number of ether oxygens (including phenoxy) is 4. The standard InChI is InChI=1S/C38H42O7/c1-21(2)13-26-15-28-24(16-30(26)40)8-10-27-29-18-31(41)38(45-34(29)19-36(42-3)37(27)28)25-9-11-32-35(17-25)44-33-14-22(20-39)6-7-23(33)5-4-12-43-32/h9,11,15-17,19,21-23,31,33,38-41H,5-8,10,13-14,18,20H2,1-3H3/t22-,23+,31-,33+,38+/m1/s1. The molecule has 0 saturated heterocycles. The van der Waals surface area contributed by atoms with Crippen molar-refractivity contribution in [2.24, 2.45) is 17.8 Å². The molecule has 3 aromatic rings. The average Bonchev–Trinajstić information content (AvgIpc) is 3.12. The molecule has 236 valence electrons. The van der Waals surface area contributed by atoms with Gasteiger partial charge in [0.05, 0.1) is 13.2 Å². The maximum absolute atomic E-state index is 11.6. The first-order valence-corrected chi connectivity index (χ1v) is 16.3. The predicted octanol–water partition coefficient (Wildman–Crippen LogP) is 6.30. The first-order chi connectivity index (χ1) is 21.8. The van der Waals surface area contributed by atoms with Gasteiger partial charge in [-0.1, -0.05) is 25.8 Å². The molecule has 5 atom stereocenters. The molecule has 7 heteroatoms. The molecule has 2 heterocycles. The van der Waals surface area contributed by atoms with Crippen LogP contribution >= 0.6 is 0 Å². The second-order valence-electron chi connectivity index (χ2n) is 13.5. The molecular formula is C38H42O7. The van der Waals surface area contributed by atoms with Gasteiger partial charge in [0.1, 0.15) is 35.6 Å². The van der Waals surface area contributed by atoms with Crippen LogP contribution in [0.2, 0.25) is 0 Å². The van der Waals surface area contributed by atoms with E-state index in [4.69, 9.17) is 18.9 Å². The van der Waals surface area contributed by atoms with Crippen molar-refractivity contribution in [3.05, 3.63) is 64.2 Å². The number of fused-ring (bicyclic) bond motifs is 7. The van der Waals surface area contributed by atoms with E-state index >= 15 is 0 Å². The number of phenolic OH excluding ortho intramolecular Hbond substituents is 1. The average molecular weight is 611 g/mol. The minimum Gasteiger partial charge on any atom is -0.508 e. The molecule has 1 saturated carbocycles. The van der Waals surface area contributed by atoms with Gasteiger partial charge in [-0.25, -0.2) is 0 Å². The van der Waals surface area contributed by atoms with E-state index in [9.17, 15) is 15.3 Å². The molecule has 3 aromatic carbocycles. The summed E-state index contributed by atoms with van der Waals surface area (Å²) in [6.07, 6.45) is 7.58. The van der Waals surface area contributed by atoms with Crippen LogP contribution in [0.3, 0.4) is 0 Å². The van der Waals surface area contributed by atoms with Gasteiger partial charge in [-0.2, -0.15) is 0 Å². The third kappa shape index (κ3) is 5.60. The summed E-state index contributed by atoms with van der Waals surface area (Å²) in [5.41, 5.74) is 7.11. The lowest BCUT2D eigenvalue weighted by Gasteiger charge is -2.36. The van der Waals surface area contributed by atoms with Crippen LogP contribution in [-0.4, -0.2) is 41.2 Å². The Morgan fingerprint density at radius 2 is 1.87 bits per heavy atom. The van der Waals surface area contributed by atoms with E-state index in [0.29, 0.717) is 36.0 Å². The molecule has 0 amide bonds. The first-order valence-electron chi connectivity index (χ1n) is 16.3. The lowest BCUT2D eigenvalue weighted by atomic mass is 9.78. The summed E-state index contributed by atoms with van der Waals surface area (Å²) in [5, 5.41) is 32.1. The zero-order valence-electron chi connectivity index (χ0n) is 26.3. The molecule has 0 spiro atoms. The van der Waals surface area contributed by atoms with Crippen molar-refractivity contribution in [2.75, 3.05) is 13.7 Å². The van der Waals surface area contributed by atoms with Crippen LogP contribution in [-0.2, 0) is 25.7 Å². The fraction of sp³-hybridized carbons (Fsp3) is 0.474. The molecule has 7 nitrogen and oxygen atoms in total. The van der Waals surface area contributed by atoms with Crippen molar-refractivity contribution in [2.45, 2.75) is 83.5 Å². The van der Waals surface area contributed by atoms with E-state index < -0.39 is 12.2 Å². The second kappa shape index (κ2) is 12.2. The molecule has 3 N–H and O–H groups in total. The molecule has 0 radical (unpaired) electrons. The topological polar surface area (TPSA) is 97.6 Å². The minimum absolute atomic E-state index is 0.0690. The normalized spacial score (nSPS) is 24.7. The summed E-state index contributed by atoms with van der Waals surface area (Å²) in [5.74, 6) is 6.98. The monoisotopic (exact) mass is 610 g/mol. The zero-order valence-corrected chi connectivity index (χ0v) is 26.3. The maximum atomic E-state index is 11.6. The molecular weight excluding hydrogens is 568 g/mol. The Balaban J connectivity index is 1.22. The van der Waals surface area contributed by atoms with Crippen LogP contribution in [0.25, 0.3) is 11.1 Å². The number of aromatic hydroxyl groups is 1. The first kappa shape index (κ1) is 29.8. The molecule has 1 fully saturated rings. The zero-order chi connectivity index (χ0) is 31.2. The van der Waals surface area contributed by atoms with Crippen molar-refractivity contribution < 1.29 is 34.3 Å². The summed E-state index contributed by atoms with van der Waals surface area (Å²) >= 11 is 0. The van der Waals surface area contributed by atoms with Gasteiger partial charge in [0.2, 0.25) is 0 Å². The van der Waals surface area contributed by atoms with Gasteiger partial charge in [-0.15, -0.1) is 0 Å².